The van der Waals surface area contributed by atoms with E-state index in [0.717, 1.165) is 18.0 Å². The summed E-state index contributed by atoms with van der Waals surface area (Å²) in [6.07, 6.45) is 2.39. The van der Waals surface area contributed by atoms with Crippen LogP contribution in [0.25, 0.3) is 0 Å². The van der Waals surface area contributed by atoms with Gasteiger partial charge >= 0.3 is 0 Å². The van der Waals surface area contributed by atoms with E-state index in [-0.39, 0.29) is 6.04 Å². The van der Waals surface area contributed by atoms with Crippen molar-refractivity contribution in [3.05, 3.63) is 42.0 Å². The largest absolute Gasteiger partial charge is 0.494 e. The van der Waals surface area contributed by atoms with Gasteiger partial charge in [0.1, 0.15) is 17.9 Å². The molecule has 19 heavy (non-hydrogen) atoms. The smallest absolute Gasteiger partial charge is 0.138 e. The van der Waals surface area contributed by atoms with Gasteiger partial charge in [-0.25, -0.2) is 4.98 Å². The first kappa shape index (κ1) is 13.5. The van der Waals surface area contributed by atoms with Crippen LogP contribution < -0.4 is 10.1 Å². The Morgan fingerprint density at radius 1 is 1.32 bits per heavy atom. The number of likely N-dealkylation sites (N-methyl/N-ethyl adjacent to an activating group) is 1. The summed E-state index contributed by atoms with van der Waals surface area (Å²) in [5, 5.41) is 7.41. The van der Waals surface area contributed by atoms with E-state index in [1.807, 2.05) is 33.2 Å². The molecule has 1 unspecified atom stereocenters. The van der Waals surface area contributed by atoms with E-state index >= 15 is 0 Å². The van der Waals surface area contributed by atoms with Gasteiger partial charge in [-0.15, -0.1) is 0 Å². The predicted octanol–water partition coefficient (Wildman–Crippen LogP) is 1.72. The van der Waals surface area contributed by atoms with E-state index in [2.05, 4.69) is 27.5 Å². The Morgan fingerprint density at radius 2 is 2.05 bits per heavy atom. The molecule has 2 aromatic rings. The number of nitrogens with zero attached hydrogens (tertiary/aromatic N) is 3. The molecule has 1 aromatic heterocycles. The normalized spacial score (nSPS) is 12.4. The maximum atomic E-state index is 5.45. The van der Waals surface area contributed by atoms with E-state index < -0.39 is 0 Å². The van der Waals surface area contributed by atoms with E-state index in [1.165, 1.54) is 5.56 Å². The zero-order valence-electron chi connectivity index (χ0n) is 11.6. The van der Waals surface area contributed by atoms with Gasteiger partial charge in [0.05, 0.1) is 6.61 Å². The van der Waals surface area contributed by atoms with Gasteiger partial charge in [-0.1, -0.05) is 12.1 Å². The summed E-state index contributed by atoms with van der Waals surface area (Å²) in [4.78, 5) is 4.26. The van der Waals surface area contributed by atoms with E-state index in [9.17, 15) is 0 Å². The maximum absolute atomic E-state index is 5.45. The fraction of sp³-hybridized carbons (Fsp3) is 0.429. The fourth-order valence-electron chi connectivity index (χ4n) is 2.04. The van der Waals surface area contributed by atoms with Crippen LogP contribution >= 0.6 is 0 Å². The number of aromatic nitrogens is 3. The molecular formula is C14H20N4O. The highest BCUT2D eigenvalue weighted by atomic mass is 16.5. The molecule has 5 heteroatoms. The molecule has 0 radical (unpaired) electrons. The van der Waals surface area contributed by atoms with Gasteiger partial charge in [0.15, 0.2) is 0 Å². The van der Waals surface area contributed by atoms with Crippen molar-refractivity contribution in [1.82, 2.24) is 20.1 Å². The Balaban J connectivity index is 2.11. The number of rotatable bonds is 6. The molecule has 0 fully saturated rings. The lowest BCUT2D eigenvalue weighted by Crippen LogP contribution is -2.20. The van der Waals surface area contributed by atoms with Crippen molar-refractivity contribution in [3.63, 3.8) is 0 Å². The molecule has 0 aliphatic rings. The molecule has 0 amide bonds. The lowest BCUT2D eigenvalue weighted by molar-refractivity contribution is 0.340. The Morgan fingerprint density at radius 3 is 2.58 bits per heavy atom. The minimum absolute atomic E-state index is 0.221. The Hall–Kier alpha value is -1.88. The molecule has 1 N–H and O–H groups in total. The second-order valence-corrected chi connectivity index (χ2v) is 4.35. The van der Waals surface area contributed by atoms with Gasteiger partial charge in [0.2, 0.25) is 0 Å². The van der Waals surface area contributed by atoms with Crippen LogP contribution in [0.2, 0.25) is 0 Å². The Labute approximate surface area is 113 Å². The molecule has 102 valence electrons. The molecule has 1 heterocycles. The first-order chi connectivity index (χ1) is 9.24. The van der Waals surface area contributed by atoms with Crippen LogP contribution in [0.3, 0.4) is 0 Å². The highest BCUT2D eigenvalue weighted by Crippen LogP contribution is 2.20. The Kier molecular flexibility index (Phi) is 4.52. The summed E-state index contributed by atoms with van der Waals surface area (Å²) < 4.78 is 7.26. The molecular weight excluding hydrogens is 240 g/mol. The van der Waals surface area contributed by atoms with Crippen molar-refractivity contribution in [3.8, 4) is 5.75 Å². The van der Waals surface area contributed by atoms with Crippen molar-refractivity contribution in [2.45, 2.75) is 19.4 Å². The molecule has 0 spiro atoms. The third kappa shape index (κ3) is 3.32. The van der Waals surface area contributed by atoms with Crippen LogP contribution in [0.15, 0.2) is 30.6 Å². The molecule has 5 nitrogen and oxygen atoms in total. The van der Waals surface area contributed by atoms with Crippen molar-refractivity contribution in [2.24, 2.45) is 7.05 Å². The van der Waals surface area contributed by atoms with Crippen LogP contribution in [-0.4, -0.2) is 28.4 Å². The quantitative estimate of drug-likeness (QED) is 0.859. The van der Waals surface area contributed by atoms with Gasteiger partial charge in [-0.3, -0.25) is 4.68 Å². The second-order valence-electron chi connectivity index (χ2n) is 4.35. The maximum Gasteiger partial charge on any atom is 0.138 e. The van der Waals surface area contributed by atoms with Gasteiger partial charge < -0.3 is 10.1 Å². The van der Waals surface area contributed by atoms with Crippen LogP contribution in [0.4, 0.5) is 0 Å². The standard InChI is InChI=1S/C14H20N4O/c1-4-19-12-7-5-11(6-8-12)13(15-2)9-14-16-10-17-18(14)3/h5-8,10,13,15H,4,9H2,1-3H3. The van der Waals surface area contributed by atoms with Crippen molar-refractivity contribution >= 4 is 0 Å². The third-order valence-corrected chi connectivity index (χ3v) is 3.13. The predicted molar refractivity (Wildman–Crippen MR) is 74.1 cm³/mol. The van der Waals surface area contributed by atoms with Gasteiger partial charge in [-0.2, -0.15) is 5.10 Å². The summed E-state index contributed by atoms with van der Waals surface area (Å²) in [7, 11) is 3.87. The second kappa shape index (κ2) is 6.33. The van der Waals surface area contributed by atoms with Gasteiger partial charge in [0, 0.05) is 19.5 Å². The van der Waals surface area contributed by atoms with Crippen LogP contribution in [0, 0.1) is 0 Å². The van der Waals surface area contributed by atoms with E-state index in [1.54, 1.807) is 11.0 Å². The number of aryl methyl sites for hydroxylation is 1. The average molecular weight is 260 g/mol. The highest BCUT2D eigenvalue weighted by molar-refractivity contribution is 5.29. The highest BCUT2D eigenvalue weighted by Gasteiger charge is 2.13. The van der Waals surface area contributed by atoms with E-state index in [4.69, 9.17) is 4.74 Å². The molecule has 1 aromatic carbocycles. The topological polar surface area (TPSA) is 52.0 Å². The number of hydrogen-bond acceptors (Lipinski definition) is 4. The lowest BCUT2D eigenvalue weighted by atomic mass is 10.0. The van der Waals surface area contributed by atoms with Gasteiger partial charge in [-0.05, 0) is 31.7 Å². The number of benzene rings is 1. The van der Waals surface area contributed by atoms with Crippen molar-refractivity contribution in [2.75, 3.05) is 13.7 Å². The number of hydrogen-bond donors (Lipinski definition) is 1. The first-order valence-electron chi connectivity index (χ1n) is 6.47. The Bertz CT molecular complexity index is 506. The van der Waals surface area contributed by atoms with Crippen molar-refractivity contribution in [1.29, 1.82) is 0 Å². The summed E-state index contributed by atoms with van der Waals surface area (Å²) in [6, 6.07) is 8.39. The van der Waals surface area contributed by atoms with Crippen LogP contribution in [0.5, 0.6) is 5.75 Å². The molecule has 0 aliphatic heterocycles. The minimum atomic E-state index is 0.221. The summed E-state index contributed by atoms with van der Waals surface area (Å²) >= 11 is 0. The molecule has 0 aliphatic carbocycles. The number of nitrogens with one attached hydrogen (secondary N) is 1. The third-order valence-electron chi connectivity index (χ3n) is 3.13. The zero-order chi connectivity index (χ0) is 13.7. The molecule has 2 rings (SSSR count). The number of ether oxygens (including phenoxy) is 1. The zero-order valence-corrected chi connectivity index (χ0v) is 11.6. The minimum Gasteiger partial charge on any atom is -0.494 e. The lowest BCUT2D eigenvalue weighted by Gasteiger charge is -2.16. The molecule has 0 saturated heterocycles. The van der Waals surface area contributed by atoms with Crippen LogP contribution in [0.1, 0.15) is 24.4 Å². The van der Waals surface area contributed by atoms with Crippen LogP contribution in [-0.2, 0) is 13.5 Å². The summed E-state index contributed by atoms with van der Waals surface area (Å²) in [5.74, 6) is 1.87. The fourth-order valence-corrected chi connectivity index (χ4v) is 2.04. The molecule has 0 bridgehead atoms. The SMILES string of the molecule is CCOc1ccc(C(Cc2ncnn2C)NC)cc1. The molecule has 0 saturated carbocycles. The van der Waals surface area contributed by atoms with Crippen molar-refractivity contribution < 1.29 is 4.74 Å². The average Bonchev–Trinajstić information content (AvgIpc) is 2.83. The van der Waals surface area contributed by atoms with E-state index in [0.29, 0.717) is 6.61 Å². The van der Waals surface area contributed by atoms with Gasteiger partial charge in [0.25, 0.3) is 0 Å². The first-order valence-corrected chi connectivity index (χ1v) is 6.47. The molecule has 1 atom stereocenters. The summed E-state index contributed by atoms with van der Waals surface area (Å²) in [6.45, 7) is 2.67. The monoisotopic (exact) mass is 260 g/mol. The summed E-state index contributed by atoms with van der Waals surface area (Å²) in [5.41, 5.74) is 1.22.